The normalized spacial score (nSPS) is 12.6. The molecular weight excluding hydrogens is 252 g/mol. The molecule has 0 bridgehead atoms. The van der Waals surface area contributed by atoms with E-state index in [-0.39, 0.29) is 11.9 Å². The van der Waals surface area contributed by atoms with Crippen LogP contribution in [0, 0.1) is 0 Å². The predicted octanol–water partition coefficient (Wildman–Crippen LogP) is 1.91. The Morgan fingerprint density at radius 2 is 2.15 bits per heavy atom. The number of aromatic nitrogens is 2. The smallest absolute Gasteiger partial charge is 0.272 e. The van der Waals surface area contributed by atoms with Gasteiger partial charge in [0.25, 0.3) is 5.91 Å². The molecule has 1 atom stereocenters. The largest absolute Gasteiger partial charge is 0.347 e. The highest BCUT2D eigenvalue weighted by Gasteiger charge is 2.18. The number of benzene rings is 1. The number of nitrogens with two attached hydrogens (primary N) is 1. The van der Waals surface area contributed by atoms with E-state index in [1.54, 1.807) is 0 Å². The average Bonchev–Trinajstić information content (AvgIpc) is 2.85. The molecule has 1 heterocycles. The maximum absolute atomic E-state index is 12.4. The van der Waals surface area contributed by atoms with E-state index in [2.05, 4.69) is 17.3 Å². The molecule has 1 aromatic carbocycles. The molecule has 2 aromatic rings. The van der Waals surface area contributed by atoms with Crippen molar-refractivity contribution in [1.29, 1.82) is 0 Å². The van der Waals surface area contributed by atoms with Gasteiger partial charge in [-0.05, 0) is 19.4 Å². The lowest BCUT2D eigenvalue weighted by atomic mass is 10.1. The van der Waals surface area contributed by atoms with Gasteiger partial charge in [-0.2, -0.15) is 5.10 Å². The third-order valence-corrected chi connectivity index (χ3v) is 3.43. The van der Waals surface area contributed by atoms with Crippen LogP contribution in [0.3, 0.4) is 0 Å². The van der Waals surface area contributed by atoms with Gasteiger partial charge in [-0.1, -0.05) is 31.5 Å². The molecule has 0 saturated carbocycles. The minimum absolute atomic E-state index is 0.0121. The number of hydrogen-bond donors (Lipinski definition) is 2. The average molecular weight is 274 g/mol. The summed E-state index contributed by atoms with van der Waals surface area (Å²) in [6.07, 6.45) is 1.88. The highest BCUT2D eigenvalue weighted by Crippen LogP contribution is 2.18. The van der Waals surface area contributed by atoms with Gasteiger partial charge in [0, 0.05) is 24.5 Å². The summed E-state index contributed by atoms with van der Waals surface area (Å²) < 4.78 is 1.85. The van der Waals surface area contributed by atoms with Crippen molar-refractivity contribution in [3.8, 4) is 0 Å². The van der Waals surface area contributed by atoms with Crippen LogP contribution in [-0.2, 0) is 6.54 Å². The Labute approximate surface area is 119 Å². The fourth-order valence-electron chi connectivity index (χ4n) is 2.39. The monoisotopic (exact) mass is 274 g/mol. The Hall–Kier alpha value is -1.88. The number of fused-ring (bicyclic) bond motifs is 1. The van der Waals surface area contributed by atoms with E-state index < -0.39 is 0 Å². The molecule has 0 aliphatic rings. The van der Waals surface area contributed by atoms with Gasteiger partial charge in [0.1, 0.15) is 0 Å². The summed E-state index contributed by atoms with van der Waals surface area (Å²) in [6.45, 7) is 5.28. The molecule has 1 unspecified atom stereocenters. The Kier molecular flexibility index (Phi) is 4.74. The third-order valence-electron chi connectivity index (χ3n) is 3.43. The van der Waals surface area contributed by atoms with Crippen molar-refractivity contribution in [1.82, 2.24) is 15.1 Å². The summed E-state index contributed by atoms with van der Waals surface area (Å²) in [7, 11) is 0. The molecule has 1 aromatic heterocycles. The molecule has 5 nitrogen and oxygen atoms in total. The van der Waals surface area contributed by atoms with E-state index >= 15 is 0 Å². The van der Waals surface area contributed by atoms with Crippen molar-refractivity contribution in [2.24, 2.45) is 5.73 Å². The van der Waals surface area contributed by atoms with Gasteiger partial charge < -0.3 is 11.1 Å². The van der Waals surface area contributed by atoms with E-state index in [4.69, 9.17) is 5.73 Å². The second-order valence-electron chi connectivity index (χ2n) is 4.88. The van der Waals surface area contributed by atoms with Gasteiger partial charge in [-0.15, -0.1) is 0 Å². The molecule has 2 rings (SSSR count). The van der Waals surface area contributed by atoms with Crippen molar-refractivity contribution in [3.05, 3.63) is 30.0 Å². The molecule has 0 aliphatic heterocycles. The van der Waals surface area contributed by atoms with Crippen LogP contribution in [0.2, 0.25) is 0 Å². The number of rotatable bonds is 6. The zero-order valence-corrected chi connectivity index (χ0v) is 12.1. The summed E-state index contributed by atoms with van der Waals surface area (Å²) >= 11 is 0. The molecular formula is C15H22N4O. The fourth-order valence-corrected chi connectivity index (χ4v) is 2.39. The van der Waals surface area contributed by atoms with E-state index in [1.807, 2.05) is 35.9 Å². The standard InChI is InChI=1S/C15H22N4O/c1-3-7-11(10-16)17-15(20)14-12-8-5-6-9-13(12)19(4-2)18-14/h5-6,8-9,11H,3-4,7,10,16H2,1-2H3,(H,17,20). The fraction of sp³-hybridized carbons (Fsp3) is 0.467. The van der Waals surface area contributed by atoms with Crippen molar-refractivity contribution in [2.45, 2.75) is 39.3 Å². The number of amides is 1. The summed E-state index contributed by atoms with van der Waals surface area (Å²) in [5.74, 6) is -0.141. The van der Waals surface area contributed by atoms with Crippen LogP contribution in [0.15, 0.2) is 24.3 Å². The third kappa shape index (κ3) is 2.82. The minimum atomic E-state index is -0.141. The maximum Gasteiger partial charge on any atom is 0.272 e. The summed E-state index contributed by atoms with van der Waals surface area (Å²) in [6, 6.07) is 7.80. The van der Waals surface area contributed by atoms with Gasteiger partial charge in [0.15, 0.2) is 5.69 Å². The number of nitrogens with one attached hydrogen (secondary N) is 1. The van der Waals surface area contributed by atoms with Crippen LogP contribution in [-0.4, -0.2) is 28.3 Å². The SMILES string of the molecule is CCCC(CN)NC(=O)c1nn(CC)c2ccccc12. The Morgan fingerprint density at radius 1 is 1.40 bits per heavy atom. The number of carbonyl (C=O) groups is 1. The van der Waals surface area contributed by atoms with E-state index in [0.717, 1.165) is 30.3 Å². The van der Waals surface area contributed by atoms with Crippen LogP contribution in [0.5, 0.6) is 0 Å². The number of aryl methyl sites for hydroxylation is 1. The molecule has 20 heavy (non-hydrogen) atoms. The van der Waals surface area contributed by atoms with Gasteiger partial charge >= 0.3 is 0 Å². The number of carbonyl (C=O) groups excluding carboxylic acids is 1. The van der Waals surface area contributed by atoms with E-state index in [1.165, 1.54) is 0 Å². The van der Waals surface area contributed by atoms with Crippen molar-refractivity contribution < 1.29 is 4.79 Å². The van der Waals surface area contributed by atoms with E-state index in [0.29, 0.717) is 12.2 Å². The van der Waals surface area contributed by atoms with Gasteiger partial charge in [0.05, 0.1) is 5.52 Å². The van der Waals surface area contributed by atoms with Crippen molar-refractivity contribution in [2.75, 3.05) is 6.54 Å². The minimum Gasteiger partial charge on any atom is -0.347 e. The molecule has 0 radical (unpaired) electrons. The summed E-state index contributed by atoms with van der Waals surface area (Å²) in [4.78, 5) is 12.4. The summed E-state index contributed by atoms with van der Waals surface area (Å²) in [5.41, 5.74) is 7.16. The van der Waals surface area contributed by atoms with Gasteiger partial charge in [-0.25, -0.2) is 0 Å². The van der Waals surface area contributed by atoms with Crippen LogP contribution in [0.1, 0.15) is 37.2 Å². The molecule has 1 amide bonds. The topological polar surface area (TPSA) is 72.9 Å². The highest BCUT2D eigenvalue weighted by molar-refractivity contribution is 6.04. The summed E-state index contributed by atoms with van der Waals surface area (Å²) in [5, 5.41) is 8.28. The maximum atomic E-state index is 12.4. The van der Waals surface area contributed by atoms with Gasteiger partial charge in [0.2, 0.25) is 0 Å². The van der Waals surface area contributed by atoms with Crippen molar-refractivity contribution in [3.63, 3.8) is 0 Å². The number of para-hydroxylation sites is 1. The van der Waals surface area contributed by atoms with E-state index in [9.17, 15) is 4.79 Å². The molecule has 108 valence electrons. The Bertz CT molecular complexity index is 591. The lowest BCUT2D eigenvalue weighted by Crippen LogP contribution is -2.40. The number of hydrogen-bond acceptors (Lipinski definition) is 3. The molecule has 0 spiro atoms. The van der Waals surface area contributed by atoms with Crippen LogP contribution < -0.4 is 11.1 Å². The number of nitrogens with zero attached hydrogens (tertiary/aromatic N) is 2. The second kappa shape index (κ2) is 6.52. The quantitative estimate of drug-likeness (QED) is 0.845. The molecule has 0 aliphatic carbocycles. The second-order valence-corrected chi connectivity index (χ2v) is 4.88. The lowest BCUT2D eigenvalue weighted by Gasteiger charge is -2.14. The molecule has 0 saturated heterocycles. The Balaban J connectivity index is 2.30. The zero-order valence-electron chi connectivity index (χ0n) is 12.1. The molecule has 0 fully saturated rings. The van der Waals surface area contributed by atoms with Crippen molar-refractivity contribution >= 4 is 16.8 Å². The van der Waals surface area contributed by atoms with Gasteiger partial charge in [-0.3, -0.25) is 9.48 Å². The molecule has 3 N–H and O–H groups in total. The van der Waals surface area contributed by atoms with Crippen LogP contribution in [0.25, 0.3) is 10.9 Å². The Morgan fingerprint density at radius 3 is 2.80 bits per heavy atom. The van der Waals surface area contributed by atoms with Crippen LogP contribution >= 0.6 is 0 Å². The first-order valence-electron chi connectivity index (χ1n) is 7.17. The molecule has 5 heteroatoms. The predicted molar refractivity (Wildman–Crippen MR) is 80.6 cm³/mol. The first kappa shape index (κ1) is 14.5. The highest BCUT2D eigenvalue weighted by atomic mass is 16.2. The first-order chi connectivity index (χ1) is 9.71. The zero-order chi connectivity index (χ0) is 14.5. The van der Waals surface area contributed by atoms with Crippen LogP contribution in [0.4, 0.5) is 0 Å². The lowest BCUT2D eigenvalue weighted by molar-refractivity contribution is 0.0932. The first-order valence-corrected chi connectivity index (χ1v) is 7.17.